The normalized spacial score (nSPS) is 12.8. The predicted molar refractivity (Wildman–Crippen MR) is 61.4 cm³/mol. The van der Waals surface area contributed by atoms with Crippen LogP contribution in [0.15, 0.2) is 15.6 Å². The molecule has 1 rings (SSSR count). The predicted octanol–water partition coefficient (Wildman–Crippen LogP) is 2.99. The zero-order valence-corrected chi connectivity index (χ0v) is 11.8. The van der Waals surface area contributed by atoms with Gasteiger partial charge in [0.15, 0.2) is 5.03 Å². The minimum Gasteiger partial charge on any atom is -0.340 e. The topological polar surface area (TPSA) is 67.0 Å². The van der Waals surface area contributed by atoms with E-state index in [-0.39, 0.29) is 10.2 Å². The van der Waals surface area contributed by atoms with E-state index in [2.05, 4.69) is 15.9 Å². The van der Waals surface area contributed by atoms with Crippen LogP contribution in [0.1, 0.15) is 10.5 Å². The minimum absolute atomic E-state index is 0.160. The average Bonchev–Trinajstić information content (AvgIpc) is 2.43. The lowest BCUT2D eigenvalue weighted by Gasteiger charge is -2.06. The number of alkyl halides is 3. The fraction of sp³-hybridized carbons (Fsp3) is 0.167. The minimum atomic E-state index is -4.98. The largest absolute Gasteiger partial charge is 0.348 e. The van der Waals surface area contributed by atoms with Gasteiger partial charge in [0.25, 0.3) is 3.79 Å². The van der Waals surface area contributed by atoms with Gasteiger partial charge in [0.05, 0.1) is 10.2 Å². The molecule has 0 atom stereocenters. The fourth-order valence-corrected chi connectivity index (χ4v) is 2.60. The smallest absolute Gasteiger partial charge is 0.340 e. The van der Waals surface area contributed by atoms with Crippen molar-refractivity contribution in [3.8, 4) is 0 Å². The number of ketones is 1. The molecule has 1 N–H and O–H groups in total. The van der Waals surface area contributed by atoms with Crippen LogP contribution in [0, 0.1) is 0 Å². The second-order valence-corrected chi connectivity index (χ2v) is 7.04. The van der Waals surface area contributed by atoms with Gasteiger partial charge in [-0.15, -0.1) is 0 Å². The van der Waals surface area contributed by atoms with Gasteiger partial charge in [-0.25, -0.2) is 0 Å². The van der Waals surface area contributed by atoms with Crippen molar-refractivity contribution >= 4 is 66.7 Å². The van der Waals surface area contributed by atoms with Crippen molar-refractivity contribution in [3.05, 3.63) is 16.2 Å². The Balaban J connectivity index is 3.28. The van der Waals surface area contributed by atoms with E-state index < -0.39 is 24.8 Å². The van der Waals surface area contributed by atoms with Crippen molar-refractivity contribution < 1.29 is 17.1 Å². The van der Waals surface area contributed by atoms with Crippen LogP contribution in [0.2, 0.25) is 0 Å². The van der Waals surface area contributed by atoms with Gasteiger partial charge in [0.2, 0.25) is 5.78 Å². The molecule has 0 unspecified atom stereocenters. The SMILES string of the molecule is O=C(c1cc(Br)c(S(=O)(=O)F)[nH]1)C(Cl)(Cl)Cl. The molecular weight excluding hydrogens is 371 g/mol. The summed E-state index contributed by atoms with van der Waals surface area (Å²) in [5, 5.41) is -0.801. The number of hydrogen-bond acceptors (Lipinski definition) is 3. The van der Waals surface area contributed by atoms with Crippen LogP contribution in [0.25, 0.3) is 0 Å². The second-order valence-electron chi connectivity index (χ2n) is 2.62. The quantitative estimate of drug-likeness (QED) is 0.492. The van der Waals surface area contributed by atoms with E-state index in [9.17, 15) is 17.1 Å². The van der Waals surface area contributed by atoms with Crippen LogP contribution >= 0.6 is 50.7 Å². The van der Waals surface area contributed by atoms with Crippen LogP contribution < -0.4 is 0 Å². The van der Waals surface area contributed by atoms with Crippen LogP contribution in [0.3, 0.4) is 0 Å². The van der Waals surface area contributed by atoms with E-state index in [1.807, 2.05) is 4.98 Å². The number of carbonyl (C=O) groups is 1. The molecule has 0 amide bonds. The summed E-state index contributed by atoms with van der Waals surface area (Å²) in [6.45, 7) is 0. The summed E-state index contributed by atoms with van der Waals surface area (Å²) in [6.07, 6.45) is 0. The number of aromatic amines is 1. The number of halogens is 5. The average molecular weight is 373 g/mol. The van der Waals surface area contributed by atoms with E-state index in [1.165, 1.54) is 0 Å². The molecule has 0 aliphatic heterocycles. The Morgan fingerprint density at radius 1 is 1.44 bits per heavy atom. The van der Waals surface area contributed by atoms with Gasteiger partial charge in [-0.2, -0.15) is 8.42 Å². The maximum Gasteiger partial charge on any atom is 0.348 e. The van der Waals surface area contributed by atoms with E-state index in [4.69, 9.17) is 34.8 Å². The van der Waals surface area contributed by atoms with Gasteiger partial charge in [-0.05, 0) is 22.0 Å². The van der Waals surface area contributed by atoms with Crippen molar-refractivity contribution in [2.24, 2.45) is 0 Å². The third-order valence-electron chi connectivity index (χ3n) is 1.48. The van der Waals surface area contributed by atoms with Crippen LogP contribution in [0.5, 0.6) is 0 Å². The Morgan fingerprint density at radius 2 is 1.94 bits per heavy atom. The lowest BCUT2D eigenvalue weighted by Crippen LogP contribution is -2.19. The molecule has 0 saturated heterocycles. The Hall–Kier alpha value is 0.180. The van der Waals surface area contributed by atoms with Crippen molar-refractivity contribution in [3.63, 3.8) is 0 Å². The highest BCUT2D eigenvalue weighted by atomic mass is 79.9. The Morgan fingerprint density at radius 3 is 2.25 bits per heavy atom. The first kappa shape index (κ1) is 14.2. The number of H-pyrrole nitrogens is 1. The lowest BCUT2D eigenvalue weighted by atomic mass is 10.3. The van der Waals surface area contributed by atoms with Crippen LogP contribution in [-0.4, -0.2) is 23.0 Å². The lowest BCUT2D eigenvalue weighted by molar-refractivity contribution is 0.0992. The molecule has 90 valence electrons. The molecule has 0 saturated carbocycles. The van der Waals surface area contributed by atoms with Gasteiger partial charge in [-0.3, -0.25) is 4.79 Å². The van der Waals surface area contributed by atoms with Crippen molar-refractivity contribution in [2.45, 2.75) is 8.82 Å². The van der Waals surface area contributed by atoms with E-state index in [0.29, 0.717) is 0 Å². The van der Waals surface area contributed by atoms with Crippen LogP contribution in [0.4, 0.5) is 3.89 Å². The fourth-order valence-electron chi connectivity index (χ4n) is 0.863. The second kappa shape index (κ2) is 4.45. The highest BCUT2D eigenvalue weighted by Crippen LogP contribution is 2.32. The summed E-state index contributed by atoms with van der Waals surface area (Å²) in [5.41, 5.74) is -0.330. The Kier molecular flexibility index (Phi) is 3.96. The monoisotopic (exact) mass is 371 g/mol. The number of carbonyl (C=O) groups excluding carboxylic acids is 1. The molecule has 0 spiro atoms. The molecule has 0 aliphatic rings. The zero-order chi connectivity index (χ0) is 12.7. The molecule has 1 aromatic heterocycles. The van der Waals surface area contributed by atoms with Gasteiger partial charge in [0, 0.05) is 0 Å². The molecule has 16 heavy (non-hydrogen) atoms. The maximum absolute atomic E-state index is 12.7. The van der Waals surface area contributed by atoms with E-state index >= 15 is 0 Å². The third kappa shape index (κ3) is 3.10. The standard InChI is InChI=1S/C6H2BrCl3FNO3S/c7-2-1-3(4(13)6(8,9)10)12-5(2)16(11,14)15/h1,12H. The summed E-state index contributed by atoms with van der Waals surface area (Å²) in [7, 11) is -4.98. The van der Waals surface area contributed by atoms with Gasteiger partial charge in [0.1, 0.15) is 0 Å². The number of rotatable bonds is 2. The first-order valence-electron chi connectivity index (χ1n) is 3.48. The summed E-state index contributed by atoms with van der Waals surface area (Å²) in [5.74, 6) is -0.992. The molecule has 0 aromatic carbocycles. The molecular formula is C6H2BrCl3FNO3S. The van der Waals surface area contributed by atoms with E-state index in [0.717, 1.165) is 6.07 Å². The Labute approximate surface area is 113 Å². The number of aromatic nitrogens is 1. The summed E-state index contributed by atoms with van der Waals surface area (Å²) >= 11 is 18.6. The molecule has 0 aliphatic carbocycles. The number of Topliss-reactive ketones (excluding diaryl/α,β-unsaturated/α-hetero) is 1. The first-order valence-corrected chi connectivity index (χ1v) is 6.79. The maximum atomic E-state index is 12.7. The van der Waals surface area contributed by atoms with Gasteiger partial charge in [-0.1, -0.05) is 38.7 Å². The third-order valence-corrected chi connectivity index (χ3v) is 3.69. The summed E-state index contributed by atoms with van der Waals surface area (Å²) < 4.78 is 31.5. The highest BCUT2D eigenvalue weighted by molar-refractivity contribution is 9.10. The zero-order valence-electron chi connectivity index (χ0n) is 7.10. The van der Waals surface area contributed by atoms with Crippen LogP contribution in [-0.2, 0) is 10.2 Å². The molecule has 0 bridgehead atoms. The molecule has 1 aromatic rings. The number of hydrogen-bond donors (Lipinski definition) is 1. The summed E-state index contributed by atoms with van der Waals surface area (Å²) in [6, 6.07) is 1.01. The molecule has 10 heteroatoms. The first-order chi connectivity index (χ1) is 7.03. The van der Waals surface area contributed by atoms with Gasteiger partial charge >= 0.3 is 10.2 Å². The van der Waals surface area contributed by atoms with Crippen molar-refractivity contribution in [1.82, 2.24) is 4.98 Å². The summed E-state index contributed by atoms with van der Waals surface area (Å²) in [4.78, 5) is 13.4. The van der Waals surface area contributed by atoms with E-state index in [1.54, 1.807) is 0 Å². The molecule has 0 radical (unpaired) electrons. The molecule has 4 nitrogen and oxygen atoms in total. The molecule has 1 heterocycles. The molecule has 0 fully saturated rings. The number of nitrogens with one attached hydrogen (secondary N) is 1. The van der Waals surface area contributed by atoms with Crippen molar-refractivity contribution in [2.75, 3.05) is 0 Å². The highest BCUT2D eigenvalue weighted by Gasteiger charge is 2.34. The Bertz CT molecular complexity index is 536. The van der Waals surface area contributed by atoms with Crippen molar-refractivity contribution in [1.29, 1.82) is 0 Å². The van der Waals surface area contributed by atoms with Gasteiger partial charge < -0.3 is 4.98 Å².